The van der Waals surface area contributed by atoms with Gasteiger partial charge in [0, 0.05) is 0 Å². The Morgan fingerprint density at radius 3 is 2.40 bits per heavy atom. The summed E-state index contributed by atoms with van der Waals surface area (Å²) in [6, 6.07) is -0.933. The van der Waals surface area contributed by atoms with Gasteiger partial charge in [-0.15, -0.1) is 4.83 Å². The molecule has 2 amide bonds. The highest BCUT2D eigenvalue weighted by atomic mass is 32.2. The fourth-order valence-corrected chi connectivity index (χ4v) is 0.601. The van der Waals surface area contributed by atoms with Gasteiger partial charge < -0.3 is 5.73 Å². The van der Waals surface area contributed by atoms with Gasteiger partial charge in [-0.1, -0.05) is 0 Å². The van der Waals surface area contributed by atoms with Crippen LogP contribution in [0.1, 0.15) is 6.92 Å². The molecule has 60 valence electrons. The minimum Gasteiger partial charge on any atom is -0.351 e. The highest BCUT2D eigenvalue weighted by molar-refractivity contribution is 7.89. The van der Waals surface area contributed by atoms with E-state index in [1.807, 2.05) is 0 Å². The van der Waals surface area contributed by atoms with E-state index in [1.54, 1.807) is 10.3 Å². The smallest absolute Gasteiger partial charge is 0.327 e. The molecule has 0 aliphatic rings. The fourth-order valence-electron chi connectivity index (χ4n) is 0.200. The van der Waals surface area contributed by atoms with Crippen LogP contribution in [0.15, 0.2) is 0 Å². The molecule has 0 aliphatic heterocycles. The zero-order chi connectivity index (χ0) is 8.20. The maximum Gasteiger partial charge on any atom is 0.327 e. The minimum absolute atomic E-state index is 0.104. The van der Waals surface area contributed by atoms with Gasteiger partial charge in [0.1, 0.15) is 0 Å². The van der Waals surface area contributed by atoms with Crippen molar-refractivity contribution in [2.45, 2.75) is 6.92 Å². The predicted molar refractivity (Wildman–Crippen MR) is 35.3 cm³/mol. The Morgan fingerprint density at radius 1 is 1.60 bits per heavy atom. The van der Waals surface area contributed by atoms with Crippen LogP contribution in [0.4, 0.5) is 4.79 Å². The Balaban J connectivity index is 3.81. The number of nitrogens with one attached hydrogen (secondary N) is 2. The van der Waals surface area contributed by atoms with Gasteiger partial charge in [0.15, 0.2) is 0 Å². The highest BCUT2D eigenvalue weighted by Gasteiger charge is 2.04. The number of primary amides is 1. The molecule has 0 spiro atoms. The number of hydrogen-bond donors (Lipinski definition) is 3. The summed E-state index contributed by atoms with van der Waals surface area (Å²) in [5, 5.41) is 0. The molecule has 0 atom stereocenters. The Hall–Kier alpha value is -0.820. The van der Waals surface area contributed by atoms with Gasteiger partial charge in [0.05, 0.1) is 5.75 Å². The second kappa shape index (κ2) is 3.37. The zero-order valence-electron chi connectivity index (χ0n) is 5.42. The first-order valence-electron chi connectivity index (χ1n) is 2.53. The van der Waals surface area contributed by atoms with Gasteiger partial charge in [-0.3, -0.25) is 5.43 Å². The number of hydrazine groups is 1. The third kappa shape index (κ3) is 4.10. The number of carbonyl (C=O) groups excluding carboxylic acids is 1. The molecular weight excluding hydrogens is 158 g/mol. The van der Waals surface area contributed by atoms with Crippen LogP contribution in [0, 0.1) is 0 Å². The lowest BCUT2D eigenvalue weighted by atomic mass is 11.0. The molecule has 0 rings (SSSR count). The molecular formula is C3H9N3O3S. The van der Waals surface area contributed by atoms with Gasteiger partial charge in [0.2, 0.25) is 10.0 Å². The van der Waals surface area contributed by atoms with Crippen molar-refractivity contribution in [2.24, 2.45) is 5.73 Å². The highest BCUT2D eigenvalue weighted by Crippen LogP contribution is 1.76. The number of sulfonamides is 1. The average molecular weight is 167 g/mol. The average Bonchev–Trinajstić information content (AvgIpc) is 1.85. The first kappa shape index (κ1) is 9.18. The molecule has 0 fully saturated rings. The third-order valence-corrected chi connectivity index (χ3v) is 1.88. The van der Waals surface area contributed by atoms with Crippen LogP contribution < -0.4 is 16.0 Å². The van der Waals surface area contributed by atoms with E-state index >= 15 is 0 Å². The van der Waals surface area contributed by atoms with Gasteiger partial charge >= 0.3 is 6.03 Å². The molecule has 0 bridgehead atoms. The third-order valence-electron chi connectivity index (χ3n) is 0.710. The summed E-state index contributed by atoms with van der Waals surface area (Å²) in [5.74, 6) is -0.104. The van der Waals surface area contributed by atoms with Crippen LogP contribution in [-0.4, -0.2) is 20.2 Å². The molecule has 0 aliphatic carbocycles. The summed E-state index contributed by atoms with van der Waals surface area (Å²) >= 11 is 0. The van der Waals surface area contributed by atoms with Crippen molar-refractivity contribution in [3.63, 3.8) is 0 Å². The molecule has 0 aromatic heterocycles. The van der Waals surface area contributed by atoms with E-state index in [0.29, 0.717) is 0 Å². The first-order valence-corrected chi connectivity index (χ1v) is 4.18. The first-order chi connectivity index (χ1) is 4.48. The van der Waals surface area contributed by atoms with Gasteiger partial charge in [0.25, 0.3) is 0 Å². The lowest BCUT2D eigenvalue weighted by Gasteiger charge is -2.01. The van der Waals surface area contributed by atoms with Crippen molar-refractivity contribution < 1.29 is 13.2 Å². The molecule has 4 N–H and O–H groups in total. The van der Waals surface area contributed by atoms with E-state index in [-0.39, 0.29) is 5.75 Å². The summed E-state index contributed by atoms with van der Waals surface area (Å²) in [6.45, 7) is 1.44. The minimum atomic E-state index is -3.38. The van der Waals surface area contributed by atoms with Crippen molar-refractivity contribution >= 4 is 16.1 Å². The van der Waals surface area contributed by atoms with E-state index in [4.69, 9.17) is 0 Å². The summed E-state index contributed by atoms with van der Waals surface area (Å²) in [4.78, 5) is 11.7. The largest absolute Gasteiger partial charge is 0.351 e. The lowest BCUT2D eigenvalue weighted by molar-refractivity contribution is 0.247. The van der Waals surface area contributed by atoms with Crippen molar-refractivity contribution in [1.29, 1.82) is 0 Å². The predicted octanol–water partition coefficient (Wildman–Crippen LogP) is -1.49. The number of carbonyl (C=O) groups is 1. The normalized spacial score (nSPS) is 10.9. The van der Waals surface area contributed by atoms with Crippen LogP contribution in [0.3, 0.4) is 0 Å². The van der Waals surface area contributed by atoms with E-state index in [9.17, 15) is 13.2 Å². The molecule has 7 heteroatoms. The molecule has 6 nitrogen and oxygen atoms in total. The summed E-state index contributed by atoms with van der Waals surface area (Å²) in [7, 11) is -3.38. The number of rotatable bonds is 3. The number of nitrogens with two attached hydrogens (primary N) is 1. The molecule has 0 aromatic carbocycles. The summed E-state index contributed by atoms with van der Waals surface area (Å²) in [5.41, 5.74) is 6.31. The van der Waals surface area contributed by atoms with Crippen LogP contribution >= 0.6 is 0 Å². The maximum absolute atomic E-state index is 10.5. The lowest BCUT2D eigenvalue weighted by Crippen LogP contribution is -2.44. The molecule has 0 aromatic rings. The Kier molecular flexibility index (Phi) is 3.10. The van der Waals surface area contributed by atoms with Crippen molar-refractivity contribution in [1.82, 2.24) is 10.3 Å². The second-order valence-electron chi connectivity index (χ2n) is 1.49. The second-order valence-corrected chi connectivity index (χ2v) is 3.51. The van der Waals surface area contributed by atoms with E-state index < -0.39 is 16.1 Å². The molecule has 0 radical (unpaired) electrons. The van der Waals surface area contributed by atoms with E-state index in [2.05, 4.69) is 5.73 Å². The molecule has 0 saturated carbocycles. The monoisotopic (exact) mass is 167 g/mol. The van der Waals surface area contributed by atoms with E-state index in [1.165, 1.54) is 6.92 Å². The Morgan fingerprint density at radius 2 is 2.10 bits per heavy atom. The SMILES string of the molecule is CCS(=O)(=O)NNC(N)=O. The topological polar surface area (TPSA) is 101 Å². The molecule has 0 saturated heterocycles. The van der Waals surface area contributed by atoms with Gasteiger partial charge in [-0.05, 0) is 6.92 Å². The van der Waals surface area contributed by atoms with Crippen molar-refractivity contribution in [3.05, 3.63) is 0 Å². The van der Waals surface area contributed by atoms with Crippen molar-refractivity contribution in [3.8, 4) is 0 Å². The Labute approximate surface area is 58.8 Å². The molecule has 10 heavy (non-hydrogen) atoms. The van der Waals surface area contributed by atoms with Crippen LogP contribution in [0.25, 0.3) is 0 Å². The zero-order valence-corrected chi connectivity index (χ0v) is 6.23. The molecule has 0 heterocycles. The van der Waals surface area contributed by atoms with Gasteiger partial charge in [-0.2, -0.15) is 0 Å². The number of urea groups is 1. The van der Waals surface area contributed by atoms with Crippen molar-refractivity contribution in [2.75, 3.05) is 5.75 Å². The fraction of sp³-hybridized carbons (Fsp3) is 0.667. The summed E-state index contributed by atoms with van der Waals surface area (Å²) < 4.78 is 21.0. The van der Waals surface area contributed by atoms with Crippen LogP contribution in [-0.2, 0) is 10.0 Å². The number of amides is 2. The van der Waals surface area contributed by atoms with Crippen LogP contribution in [0.2, 0.25) is 0 Å². The number of hydrogen-bond acceptors (Lipinski definition) is 3. The standard InChI is InChI=1S/C3H9N3O3S/c1-2-10(8,9)6-5-3(4)7/h6H,2H2,1H3,(H3,4,5,7). The summed E-state index contributed by atoms with van der Waals surface area (Å²) in [6.07, 6.45) is 0. The van der Waals surface area contributed by atoms with Crippen LogP contribution in [0.5, 0.6) is 0 Å². The quantitative estimate of drug-likeness (QED) is 0.446. The van der Waals surface area contributed by atoms with Gasteiger partial charge in [-0.25, -0.2) is 13.2 Å². The Bertz CT molecular complexity index is 209. The molecule has 0 unspecified atom stereocenters. The van der Waals surface area contributed by atoms with E-state index in [0.717, 1.165) is 0 Å². The maximum atomic E-state index is 10.5.